The van der Waals surface area contributed by atoms with E-state index in [0.717, 1.165) is 30.6 Å². The molecule has 0 spiro atoms. The molecule has 0 radical (unpaired) electrons. The third kappa shape index (κ3) is 3.66. The highest BCUT2D eigenvalue weighted by atomic mass is 32.2. The fourth-order valence-electron chi connectivity index (χ4n) is 5.24. The molecule has 2 saturated heterocycles. The van der Waals surface area contributed by atoms with E-state index in [-0.39, 0.29) is 29.1 Å². The average molecular weight is 510 g/mol. The summed E-state index contributed by atoms with van der Waals surface area (Å²) in [5.41, 5.74) is 0.525. The Morgan fingerprint density at radius 2 is 1.74 bits per heavy atom. The maximum Gasteiger partial charge on any atom is 0.308 e. The van der Waals surface area contributed by atoms with E-state index in [9.17, 15) is 19.2 Å². The van der Waals surface area contributed by atoms with Crippen LogP contribution in [-0.4, -0.2) is 45.5 Å². The van der Waals surface area contributed by atoms with Gasteiger partial charge in [0.1, 0.15) is 17.6 Å². The Labute approximate surface area is 209 Å². The molecule has 10 heteroatoms. The van der Waals surface area contributed by atoms with Crippen LogP contribution < -0.4 is 9.77 Å². The number of fused-ring (bicyclic) bond motifs is 2. The normalized spacial score (nSPS) is 23.9. The number of para-hydroxylation sites is 1. The lowest BCUT2D eigenvalue weighted by atomic mass is 9.87. The van der Waals surface area contributed by atoms with E-state index >= 15 is 0 Å². The highest BCUT2D eigenvalue weighted by molar-refractivity contribution is 8.00. The van der Waals surface area contributed by atoms with Gasteiger partial charge >= 0.3 is 4.87 Å². The lowest BCUT2D eigenvalue weighted by molar-refractivity contribution is -0.133. The smallest absolute Gasteiger partial charge is 0.308 e. The van der Waals surface area contributed by atoms with Crippen LogP contribution in [0, 0.1) is 5.92 Å². The number of benzene rings is 1. The molecule has 1 aromatic carbocycles. The third-order valence-corrected chi connectivity index (χ3v) is 9.52. The third-order valence-electron chi connectivity index (χ3n) is 6.92. The van der Waals surface area contributed by atoms with Gasteiger partial charge in [-0.1, -0.05) is 41.3 Å². The van der Waals surface area contributed by atoms with Crippen molar-refractivity contribution in [3.8, 4) is 0 Å². The number of hydrogen-bond donors (Lipinski definition) is 0. The molecule has 0 aliphatic carbocycles. The zero-order valence-electron chi connectivity index (χ0n) is 18.8. The Hall–Kier alpha value is -3.11. The predicted molar refractivity (Wildman–Crippen MR) is 132 cm³/mol. The van der Waals surface area contributed by atoms with E-state index in [1.807, 2.05) is 11.0 Å². The number of rotatable bonds is 4. The van der Waals surface area contributed by atoms with Crippen LogP contribution in [0.3, 0.4) is 0 Å². The largest absolute Gasteiger partial charge is 0.469 e. The van der Waals surface area contributed by atoms with Crippen LogP contribution in [0.25, 0.3) is 0 Å². The van der Waals surface area contributed by atoms with Gasteiger partial charge in [0.25, 0.3) is 0 Å². The molecule has 3 amide bonds. The molecule has 2 unspecified atom stereocenters. The van der Waals surface area contributed by atoms with Gasteiger partial charge in [0.15, 0.2) is 0 Å². The van der Waals surface area contributed by atoms with Crippen LogP contribution in [0.15, 0.2) is 63.0 Å². The fraction of sp³-hybridized carbons (Fsp3) is 0.360. The highest BCUT2D eigenvalue weighted by Crippen LogP contribution is 2.53. The molecule has 8 nitrogen and oxygen atoms in total. The number of imide groups is 1. The van der Waals surface area contributed by atoms with Crippen LogP contribution in [0.4, 0.5) is 5.69 Å². The minimum atomic E-state index is -0.712. The molecule has 0 N–H and O–H groups in total. The molecule has 0 bridgehead atoms. The van der Waals surface area contributed by atoms with E-state index < -0.39 is 17.1 Å². The number of piperidine rings is 1. The summed E-state index contributed by atoms with van der Waals surface area (Å²) in [6, 6.07) is 12.4. The minimum absolute atomic E-state index is 0.0650. The Kier molecular flexibility index (Phi) is 5.64. The maximum absolute atomic E-state index is 13.7. The summed E-state index contributed by atoms with van der Waals surface area (Å²) < 4.78 is 7.20. The molecular formula is C25H23N3O5S2. The van der Waals surface area contributed by atoms with Crippen LogP contribution in [-0.2, 0) is 20.9 Å². The van der Waals surface area contributed by atoms with Crippen molar-refractivity contribution >= 4 is 46.5 Å². The van der Waals surface area contributed by atoms with Crippen molar-refractivity contribution in [2.24, 2.45) is 5.92 Å². The van der Waals surface area contributed by atoms with E-state index in [1.54, 1.807) is 36.4 Å². The summed E-state index contributed by atoms with van der Waals surface area (Å²) >= 11 is 2.26. The fourth-order valence-corrected chi connectivity index (χ4v) is 7.99. The first-order chi connectivity index (χ1) is 17.0. The minimum Gasteiger partial charge on any atom is -0.469 e. The predicted octanol–water partition coefficient (Wildman–Crippen LogP) is 3.31. The number of nitrogens with zero attached hydrogens (tertiary/aromatic N) is 3. The van der Waals surface area contributed by atoms with Crippen LogP contribution in [0.5, 0.6) is 0 Å². The number of thioether (sulfide) groups is 1. The van der Waals surface area contributed by atoms with Gasteiger partial charge in [0, 0.05) is 13.1 Å². The first-order valence-electron chi connectivity index (χ1n) is 11.7. The van der Waals surface area contributed by atoms with Crippen molar-refractivity contribution < 1.29 is 18.8 Å². The number of carbonyl (C=O) groups excluding carboxylic acids is 3. The summed E-state index contributed by atoms with van der Waals surface area (Å²) in [6.45, 7) is 1.34. The monoisotopic (exact) mass is 509 g/mol. The summed E-state index contributed by atoms with van der Waals surface area (Å²) in [7, 11) is 0. The van der Waals surface area contributed by atoms with Crippen molar-refractivity contribution in [2.75, 3.05) is 18.0 Å². The van der Waals surface area contributed by atoms with E-state index in [0.29, 0.717) is 34.4 Å². The molecule has 3 aromatic rings. The molecular weight excluding hydrogens is 486 g/mol. The number of thiazole rings is 1. The molecule has 2 fully saturated rings. The molecule has 3 atom stereocenters. The molecule has 2 aromatic heterocycles. The van der Waals surface area contributed by atoms with Gasteiger partial charge < -0.3 is 9.32 Å². The van der Waals surface area contributed by atoms with Gasteiger partial charge in [-0.05, 0) is 43.5 Å². The second-order valence-corrected chi connectivity index (χ2v) is 11.1. The topological polar surface area (TPSA) is 92.8 Å². The van der Waals surface area contributed by atoms with Crippen molar-refractivity contribution in [3.63, 3.8) is 0 Å². The number of anilines is 1. The van der Waals surface area contributed by atoms with Crippen molar-refractivity contribution in [2.45, 2.75) is 42.0 Å². The molecule has 180 valence electrons. The number of furan rings is 1. The second-order valence-electron chi connectivity index (χ2n) is 8.97. The van der Waals surface area contributed by atoms with Gasteiger partial charge in [0.2, 0.25) is 17.7 Å². The lowest BCUT2D eigenvalue weighted by Crippen LogP contribution is -2.39. The Bertz CT molecular complexity index is 1340. The molecule has 5 heterocycles. The number of amides is 3. The first-order valence-corrected chi connectivity index (χ1v) is 13.4. The zero-order chi connectivity index (χ0) is 24.1. The van der Waals surface area contributed by atoms with Gasteiger partial charge in [-0.15, -0.1) is 0 Å². The Balaban J connectivity index is 1.41. The Morgan fingerprint density at radius 1 is 0.971 bits per heavy atom. The van der Waals surface area contributed by atoms with Crippen molar-refractivity contribution in [1.82, 2.24) is 9.47 Å². The molecule has 3 aliphatic heterocycles. The number of likely N-dealkylation sites (tertiary alicyclic amines) is 1. The molecule has 6 rings (SSSR count). The quantitative estimate of drug-likeness (QED) is 0.501. The van der Waals surface area contributed by atoms with Gasteiger partial charge in [-0.25, -0.2) is 4.90 Å². The number of carbonyl (C=O) groups is 3. The van der Waals surface area contributed by atoms with Crippen molar-refractivity contribution in [3.05, 3.63) is 69.0 Å². The molecule has 35 heavy (non-hydrogen) atoms. The lowest BCUT2D eigenvalue weighted by Gasteiger charge is -2.30. The highest BCUT2D eigenvalue weighted by Gasteiger charge is 2.57. The summed E-state index contributed by atoms with van der Waals surface area (Å²) in [5, 5.41) is -0.125. The summed E-state index contributed by atoms with van der Waals surface area (Å²) in [5.74, 6) is -1.44. The van der Waals surface area contributed by atoms with E-state index in [1.165, 1.54) is 27.5 Å². The van der Waals surface area contributed by atoms with Gasteiger partial charge in [-0.3, -0.25) is 23.7 Å². The van der Waals surface area contributed by atoms with Gasteiger partial charge in [0.05, 0.1) is 33.7 Å². The second kappa shape index (κ2) is 8.83. The van der Waals surface area contributed by atoms with Crippen molar-refractivity contribution in [1.29, 1.82) is 0 Å². The first kappa shape index (κ1) is 22.4. The Morgan fingerprint density at radius 3 is 2.46 bits per heavy atom. The SMILES string of the molecule is O=C(Cn1c2c(sc1=O)[C@H](c1ccco1)C1C(=O)N(c3ccccc3)C(=O)C1S2)N1CCCCC1. The molecule has 3 aliphatic rings. The van der Waals surface area contributed by atoms with Gasteiger partial charge in [-0.2, -0.15) is 0 Å². The number of aromatic nitrogens is 1. The number of hydrogen-bond acceptors (Lipinski definition) is 7. The summed E-state index contributed by atoms with van der Waals surface area (Å²) in [6.07, 6.45) is 4.57. The zero-order valence-corrected chi connectivity index (χ0v) is 20.4. The summed E-state index contributed by atoms with van der Waals surface area (Å²) in [4.78, 5) is 56.8. The van der Waals surface area contributed by atoms with E-state index in [4.69, 9.17) is 4.42 Å². The standard InChI is InChI=1S/C25H23N3O5S2/c29-17(26-11-5-2-6-12-26)14-27-24-21(35-25(27)32)18(16-10-7-13-33-16)19-20(34-24)23(31)28(22(19)30)15-8-3-1-4-9-15/h1,3-4,7-10,13,18-20H,2,5-6,11-12,14H2/t18-,19?,20?/m1/s1. The van der Waals surface area contributed by atoms with Crippen LogP contribution in [0.1, 0.15) is 35.8 Å². The average Bonchev–Trinajstić information content (AvgIpc) is 3.58. The molecule has 0 saturated carbocycles. The van der Waals surface area contributed by atoms with Crippen LogP contribution in [0.2, 0.25) is 0 Å². The van der Waals surface area contributed by atoms with Crippen LogP contribution >= 0.6 is 23.1 Å². The maximum atomic E-state index is 13.7. The van der Waals surface area contributed by atoms with E-state index in [2.05, 4.69) is 0 Å².